The zero-order valence-corrected chi connectivity index (χ0v) is 18.8. The Morgan fingerprint density at radius 3 is 2.28 bits per heavy atom. The highest BCUT2D eigenvalue weighted by Crippen LogP contribution is 2.31. The van der Waals surface area contributed by atoms with Crippen LogP contribution in [-0.2, 0) is 12.2 Å². The molecule has 0 bridgehead atoms. The molecular weight excluding hydrogens is 450 g/mol. The van der Waals surface area contributed by atoms with E-state index >= 15 is 0 Å². The molecule has 8 heteroatoms. The molecule has 6 nitrogen and oxygen atoms in total. The van der Waals surface area contributed by atoms with Crippen LogP contribution >= 0.6 is 27.7 Å². The Morgan fingerprint density at radius 1 is 0.931 bits per heavy atom. The number of halogens is 1. The molecule has 29 heavy (non-hydrogen) atoms. The van der Waals surface area contributed by atoms with E-state index in [1.54, 1.807) is 0 Å². The van der Waals surface area contributed by atoms with Crippen molar-refractivity contribution in [3.8, 4) is 17.1 Å². The van der Waals surface area contributed by atoms with E-state index in [0.717, 1.165) is 33.1 Å². The van der Waals surface area contributed by atoms with Crippen molar-refractivity contribution in [2.24, 2.45) is 0 Å². The summed E-state index contributed by atoms with van der Waals surface area (Å²) in [4.78, 5) is 0. The van der Waals surface area contributed by atoms with Crippen LogP contribution in [0.3, 0.4) is 0 Å². The maximum atomic E-state index is 5.64. The summed E-state index contributed by atoms with van der Waals surface area (Å²) in [5, 5.41) is 17.9. The van der Waals surface area contributed by atoms with E-state index in [9.17, 15) is 0 Å². The van der Waals surface area contributed by atoms with Crippen molar-refractivity contribution in [3.05, 3.63) is 69.8 Å². The first-order valence-corrected chi connectivity index (χ1v) is 11.1. The number of hydrogen-bond acceptors (Lipinski definition) is 6. The summed E-state index contributed by atoms with van der Waals surface area (Å²) in [5.41, 5.74) is 4.41. The first-order chi connectivity index (χ1) is 14.0. The molecule has 4 rings (SSSR count). The van der Waals surface area contributed by atoms with Crippen LogP contribution < -0.4 is 0 Å². The predicted molar refractivity (Wildman–Crippen MR) is 117 cm³/mol. The number of aromatic nitrogens is 5. The van der Waals surface area contributed by atoms with Crippen molar-refractivity contribution in [3.63, 3.8) is 0 Å². The molecule has 0 atom stereocenters. The number of rotatable bonds is 6. The van der Waals surface area contributed by atoms with Crippen LogP contribution in [0.5, 0.6) is 0 Å². The molecule has 0 aliphatic carbocycles. The van der Waals surface area contributed by atoms with Gasteiger partial charge in [-0.3, -0.25) is 4.57 Å². The Balaban J connectivity index is 1.75. The van der Waals surface area contributed by atoms with E-state index in [0.29, 0.717) is 17.5 Å². The summed E-state index contributed by atoms with van der Waals surface area (Å²) in [6.07, 6.45) is 0.726. The zero-order chi connectivity index (χ0) is 20.4. The third kappa shape index (κ3) is 4.43. The molecule has 0 amide bonds. The van der Waals surface area contributed by atoms with Crippen molar-refractivity contribution < 1.29 is 4.42 Å². The molecule has 0 aliphatic heterocycles. The third-order valence-electron chi connectivity index (χ3n) is 4.34. The Hall–Kier alpha value is -2.45. The standard InChI is InChI=1S/C21H20BrN5OS/c1-4-18-23-24-19(28-18)12-29-21-26-25-20(15-5-7-16(22)8-6-15)27(21)17-10-13(2)9-14(3)11-17/h5-11H,4,12H2,1-3H3. The maximum Gasteiger partial charge on any atom is 0.226 e. The Labute approximate surface area is 181 Å². The van der Waals surface area contributed by atoms with E-state index in [1.807, 2.05) is 31.2 Å². The minimum atomic E-state index is 0.538. The average molecular weight is 470 g/mol. The lowest BCUT2D eigenvalue weighted by molar-refractivity contribution is 0.470. The molecule has 0 fully saturated rings. The molecule has 0 unspecified atom stereocenters. The maximum absolute atomic E-state index is 5.64. The van der Waals surface area contributed by atoms with E-state index in [2.05, 4.69) is 72.9 Å². The van der Waals surface area contributed by atoms with Crippen LogP contribution in [0, 0.1) is 13.8 Å². The van der Waals surface area contributed by atoms with Gasteiger partial charge in [0.25, 0.3) is 0 Å². The van der Waals surface area contributed by atoms with Crippen molar-refractivity contribution in [2.45, 2.75) is 38.1 Å². The average Bonchev–Trinajstić information content (AvgIpc) is 3.33. The number of aryl methyl sites for hydroxylation is 3. The molecule has 0 spiro atoms. The van der Waals surface area contributed by atoms with Crippen molar-refractivity contribution in [1.82, 2.24) is 25.0 Å². The summed E-state index contributed by atoms with van der Waals surface area (Å²) >= 11 is 5.03. The van der Waals surface area contributed by atoms with Gasteiger partial charge in [-0.2, -0.15) is 0 Å². The molecule has 2 heterocycles. The molecule has 0 radical (unpaired) electrons. The van der Waals surface area contributed by atoms with Gasteiger partial charge >= 0.3 is 0 Å². The third-order valence-corrected chi connectivity index (χ3v) is 5.78. The van der Waals surface area contributed by atoms with Gasteiger partial charge in [-0.15, -0.1) is 20.4 Å². The second-order valence-electron chi connectivity index (χ2n) is 6.73. The smallest absolute Gasteiger partial charge is 0.226 e. The van der Waals surface area contributed by atoms with E-state index in [-0.39, 0.29) is 0 Å². The Bertz CT molecular complexity index is 1120. The fourth-order valence-electron chi connectivity index (χ4n) is 3.08. The van der Waals surface area contributed by atoms with Gasteiger partial charge in [-0.25, -0.2) is 0 Å². The van der Waals surface area contributed by atoms with Gasteiger partial charge in [0.05, 0.1) is 11.4 Å². The summed E-state index contributed by atoms with van der Waals surface area (Å²) in [6, 6.07) is 14.5. The van der Waals surface area contributed by atoms with Crippen molar-refractivity contribution in [2.75, 3.05) is 0 Å². The molecule has 0 N–H and O–H groups in total. The molecule has 148 valence electrons. The lowest BCUT2D eigenvalue weighted by Crippen LogP contribution is -2.01. The quantitative estimate of drug-likeness (QED) is 0.344. The predicted octanol–water partition coefficient (Wildman–Crippen LogP) is 5.55. The van der Waals surface area contributed by atoms with Gasteiger partial charge in [-0.05, 0) is 49.2 Å². The minimum absolute atomic E-state index is 0.538. The molecular formula is C21H20BrN5OS. The molecule has 4 aromatic rings. The van der Waals surface area contributed by atoms with E-state index < -0.39 is 0 Å². The van der Waals surface area contributed by atoms with Crippen LogP contribution in [0.25, 0.3) is 17.1 Å². The number of nitrogens with zero attached hydrogens (tertiary/aromatic N) is 5. The summed E-state index contributed by atoms with van der Waals surface area (Å²) in [5.74, 6) is 2.57. The number of thioether (sulfide) groups is 1. The highest BCUT2D eigenvalue weighted by atomic mass is 79.9. The largest absolute Gasteiger partial charge is 0.424 e. The van der Waals surface area contributed by atoms with E-state index in [4.69, 9.17) is 4.42 Å². The van der Waals surface area contributed by atoms with Gasteiger partial charge in [0.1, 0.15) is 0 Å². The summed E-state index contributed by atoms with van der Waals surface area (Å²) in [6.45, 7) is 6.18. The van der Waals surface area contributed by atoms with Crippen LogP contribution in [0.2, 0.25) is 0 Å². The van der Waals surface area contributed by atoms with Crippen molar-refractivity contribution >= 4 is 27.7 Å². The molecule has 0 saturated heterocycles. The fraction of sp³-hybridized carbons (Fsp3) is 0.238. The Morgan fingerprint density at radius 2 is 1.62 bits per heavy atom. The monoisotopic (exact) mass is 469 g/mol. The lowest BCUT2D eigenvalue weighted by Gasteiger charge is -2.12. The second kappa shape index (κ2) is 8.51. The zero-order valence-electron chi connectivity index (χ0n) is 16.4. The van der Waals surface area contributed by atoms with Gasteiger partial charge < -0.3 is 4.42 Å². The first kappa shape index (κ1) is 19.8. The van der Waals surface area contributed by atoms with Crippen molar-refractivity contribution in [1.29, 1.82) is 0 Å². The van der Waals surface area contributed by atoms with Crippen LogP contribution in [0.15, 0.2) is 56.5 Å². The van der Waals surface area contributed by atoms with Crippen LogP contribution in [-0.4, -0.2) is 25.0 Å². The van der Waals surface area contributed by atoms with Crippen LogP contribution in [0.1, 0.15) is 29.8 Å². The fourth-order valence-corrected chi connectivity index (χ4v) is 4.13. The highest BCUT2D eigenvalue weighted by molar-refractivity contribution is 9.10. The lowest BCUT2D eigenvalue weighted by atomic mass is 10.1. The van der Waals surface area contributed by atoms with Gasteiger partial charge in [0, 0.05) is 16.5 Å². The summed E-state index contributed by atoms with van der Waals surface area (Å²) < 4.78 is 8.75. The topological polar surface area (TPSA) is 69.6 Å². The highest BCUT2D eigenvalue weighted by Gasteiger charge is 2.18. The molecule has 0 aliphatic rings. The van der Waals surface area contributed by atoms with Gasteiger partial charge in [0.15, 0.2) is 11.0 Å². The second-order valence-corrected chi connectivity index (χ2v) is 8.58. The molecule has 2 aromatic carbocycles. The van der Waals surface area contributed by atoms with E-state index in [1.165, 1.54) is 22.9 Å². The van der Waals surface area contributed by atoms with Gasteiger partial charge in [-0.1, -0.05) is 52.8 Å². The number of benzene rings is 2. The first-order valence-electron chi connectivity index (χ1n) is 9.27. The Kier molecular flexibility index (Phi) is 5.82. The normalized spacial score (nSPS) is 11.2. The SMILES string of the molecule is CCc1nnc(CSc2nnc(-c3ccc(Br)cc3)n2-c2cc(C)cc(C)c2)o1. The number of hydrogen-bond donors (Lipinski definition) is 0. The molecule has 0 saturated carbocycles. The molecule has 2 aromatic heterocycles. The minimum Gasteiger partial charge on any atom is -0.424 e. The van der Waals surface area contributed by atoms with Crippen LogP contribution in [0.4, 0.5) is 0 Å². The van der Waals surface area contributed by atoms with Gasteiger partial charge in [0.2, 0.25) is 11.8 Å². The summed E-state index contributed by atoms with van der Waals surface area (Å²) in [7, 11) is 0.